The molecule has 4 nitrogen and oxygen atoms in total. The predicted octanol–water partition coefficient (Wildman–Crippen LogP) is 2.42. The molecule has 0 saturated carbocycles. The summed E-state index contributed by atoms with van der Waals surface area (Å²) in [5.41, 5.74) is 7.08. The maximum Gasteiger partial charge on any atom is 0.137 e. The molecule has 0 spiro atoms. The summed E-state index contributed by atoms with van der Waals surface area (Å²) in [6.07, 6.45) is 4.05. The molecule has 1 aliphatic rings. The van der Waals surface area contributed by atoms with Crippen LogP contribution in [0.25, 0.3) is 0 Å². The summed E-state index contributed by atoms with van der Waals surface area (Å²) in [4.78, 5) is 10.9. The Labute approximate surface area is 103 Å². The minimum Gasteiger partial charge on any atom is -0.383 e. The quantitative estimate of drug-likeness (QED) is 0.853. The van der Waals surface area contributed by atoms with Crippen molar-refractivity contribution in [2.45, 2.75) is 39.5 Å². The second kappa shape index (κ2) is 4.90. The molecule has 0 amide bonds. The van der Waals surface area contributed by atoms with Crippen molar-refractivity contribution in [1.29, 1.82) is 0 Å². The van der Waals surface area contributed by atoms with Crippen LogP contribution in [0.1, 0.15) is 45.1 Å². The SMILES string of the molecule is CC1CCN(c2ncnc(N)c2C(C)C)CC1. The van der Waals surface area contributed by atoms with E-state index in [0.717, 1.165) is 30.4 Å². The van der Waals surface area contributed by atoms with Gasteiger partial charge in [-0.05, 0) is 24.7 Å². The molecule has 2 rings (SSSR count). The number of hydrogen-bond donors (Lipinski definition) is 1. The lowest BCUT2D eigenvalue weighted by atomic mass is 9.97. The molecule has 1 saturated heterocycles. The molecule has 0 unspecified atom stereocenters. The fourth-order valence-corrected chi connectivity index (χ4v) is 2.43. The van der Waals surface area contributed by atoms with Gasteiger partial charge in [-0.3, -0.25) is 0 Å². The Morgan fingerprint density at radius 1 is 1.29 bits per heavy atom. The van der Waals surface area contributed by atoms with Crippen LogP contribution in [-0.4, -0.2) is 23.1 Å². The normalized spacial score (nSPS) is 17.8. The molecule has 94 valence electrons. The second-order valence-corrected chi connectivity index (χ2v) is 5.32. The summed E-state index contributed by atoms with van der Waals surface area (Å²) >= 11 is 0. The number of nitrogens with zero attached hydrogens (tertiary/aromatic N) is 3. The molecule has 0 atom stereocenters. The van der Waals surface area contributed by atoms with E-state index in [1.54, 1.807) is 6.33 Å². The Morgan fingerprint density at radius 2 is 1.94 bits per heavy atom. The van der Waals surface area contributed by atoms with E-state index in [1.807, 2.05) is 0 Å². The zero-order chi connectivity index (χ0) is 12.4. The highest BCUT2D eigenvalue weighted by atomic mass is 15.2. The maximum absolute atomic E-state index is 5.98. The molecule has 1 aliphatic heterocycles. The molecule has 1 aromatic heterocycles. The standard InChI is InChI=1S/C13H22N4/c1-9(2)11-12(14)15-8-16-13(11)17-6-4-10(3)5-7-17/h8-10H,4-7H2,1-3H3,(H2,14,15,16). The average molecular weight is 234 g/mol. The Hall–Kier alpha value is -1.32. The summed E-state index contributed by atoms with van der Waals surface area (Å²) in [5, 5.41) is 0. The van der Waals surface area contributed by atoms with Crippen molar-refractivity contribution < 1.29 is 0 Å². The minimum absolute atomic E-state index is 0.366. The smallest absolute Gasteiger partial charge is 0.137 e. The summed E-state index contributed by atoms with van der Waals surface area (Å²) in [6.45, 7) is 8.76. The van der Waals surface area contributed by atoms with E-state index in [4.69, 9.17) is 5.73 Å². The van der Waals surface area contributed by atoms with Gasteiger partial charge in [0.25, 0.3) is 0 Å². The lowest BCUT2D eigenvalue weighted by Crippen LogP contribution is -2.34. The van der Waals surface area contributed by atoms with Crippen LogP contribution >= 0.6 is 0 Å². The molecule has 0 radical (unpaired) electrons. The number of aromatic nitrogens is 2. The summed E-state index contributed by atoms with van der Waals surface area (Å²) in [7, 11) is 0. The van der Waals surface area contributed by atoms with Crippen molar-refractivity contribution in [3.05, 3.63) is 11.9 Å². The van der Waals surface area contributed by atoms with E-state index in [9.17, 15) is 0 Å². The third-order valence-corrected chi connectivity index (χ3v) is 3.55. The fraction of sp³-hybridized carbons (Fsp3) is 0.692. The molecular weight excluding hydrogens is 212 g/mol. The zero-order valence-electron chi connectivity index (χ0n) is 11.0. The van der Waals surface area contributed by atoms with Crippen molar-refractivity contribution in [3.8, 4) is 0 Å². The molecule has 0 aromatic carbocycles. The number of nitrogens with two attached hydrogens (primary N) is 1. The lowest BCUT2D eigenvalue weighted by Gasteiger charge is -2.33. The molecule has 0 aliphatic carbocycles. The zero-order valence-corrected chi connectivity index (χ0v) is 11.0. The van der Waals surface area contributed by atoms with Gasteiger partial charge in [-0.15, -0.1) is 0 Å². The Balaban J connectivity index is 2.28. The van der Waals surface area contributed by atoms with Gasteiger partial charge in [0.1, 0.15) is 18.0 Å². The molecule has 2 heterocycles. The van der Waals surface area contributed by atoms with Gasteiger partial charge >= 0.3 is 0 Å². The van der Waals surface area contributed by atoms with Gasteiger partial charge in [-0.25, -0.2) is 9.97 Å². The number of piperidine rings is 1. The number of rotatable bonds is 2. The molecule has 1 fully saturated rings. The summed E-state index contributed by atoms with van der Waals surface area (Å²) in [5.74, 6) is 2.86. The lowest BCUT2D eigenvalue weighted by molar-refractivity contribution is 0.435. The average Bonchev–Trinajstić information content (AvgIpc) is 2.29. The van der Waals surface area contributed by atoms with E-state index in [2.05, 4.69) is 35.6 Å². The first kappa shape index (κ1) is 12.1. The highest BCUT2D eigenvalue weighted by Gasteiger charge is 2.22. The highest BCUT2D eigenvalue weighted by molar-refractivity contribution is 5.58. The summed E-state index contributed by atoms with van der Waals surface area (Å²) in [6, 6.07) is 0. The van der Waals surface area contributed by atoms with E-state index < -0.39 is 0 Å². The van der Waals surface area contributed by atoms with E-state index >= 15 is 0 Å². The van der Waals surface area contributed by atoms with Crippen LogP contribution in [0.15, 0.2) is 6.33 Å². The van der Waals surface area contributed by atoms with Gasteiger partial charge in [0, 0.05) is 18.7 Å². The van der Waals surface area contributed by atoms with E-state index in [1.165, 1.54) is 12.8 Å². The van der Waals surface area contributed by atoms with Gasteiger partial charge in [0.2, 0.25) is 0 Å². The first-order chi connectivity index (χ1) is 8.09. The molecule has 4 heteroatoms. The van der Waals surface area contributed by atoms with Crippen molar-refractivity contribution in [2.75, 3.05) is 23.7 Å². The van der Waals surface area contributed by atoms with Crippen LogP contribution in [0.4, 0.5) is 11.6 Å². The Kier molecular flexibility index (Phi) is 3.50. The number of anilines is 2. The maximum atomic E-state index is 5.98. The van der Waals surface area contributed by atoms with Gasteiger partial charge in [-0.1, -0.05) is 20.8 Å². The van der Waals surface area contributed by atoms with Crippen LogP contribution in [-0.2, 0) is 0 Å². The molecular formula is C13H22N4. The molecule has 2 N–H and O–H groups in total. The van der Waals surface area contributed by atoms with Crippen LogP contribution in [0.3, 0.4) is 0 Å². The first-order valence-corrected chi connectivity index (χ1v) is 6.45. The number of hydrogen-bond acceptors (Lipinski definition) is 4. The third kappa shape index (κ3) is 2.51. The topological polar surface area (TPSA) is 55.0 Å². The van der Waals surface area contributed by atoms with Crippen molar-refractivity contribution in [2.24, 2.45) is 5.92 Å². The third-order valence-electron chi connectivity index (χ3n) is 3.55. The van der Waals surface area contributed by atoms with Crippen molar-refractivity contribution in [3.63, 3.8) is 0 Å². The van der Waals surface area contributed by atoms with Crippen LogP contribution < -0.4 is 10.6 Å². The molecule has 0 bridgehead atoms. The predicted molar refractivity (Wildman–Crippen MR) is 71.1 cm³/mol. The number of nitrogen functional groups attached to an aromatic ring is 1. The van der Waals surface area contributed by atoms with Gasteiger partial charge in [0.05, 0.1) is 0 Å². The van der Waals surface area contributed by atoms with Gasteiger partial charge < -0.3 is 10.6 Å². The van der Waals surface area contributed by atoms with E-state index in [-0.39, 0.29) is 0 Å². The van der Waals surface area contributed by atoms with Gasteiger partial charge in [-0.2, -0.15) is 0 Å². The van der Waals surface area contributed by atoms with Crippen LogP contribution in [0.5, 0.6) is 0 Å². The van der Waals surface area contributed by atoms with Crippen molar-refractivity contribution >= 4 is 11.6 Å². The van der Waals surface area contributed by atoms with Crippen molar-refractivity contribution in [1.82, 2.24) is 9.97 Å². The van der Waals surface area contributed by atoms with Gasteiger partial charge in [0.15, 0.2) is 0 Å². The molecule has 1 aromatic rings. The highest BCUT2D eigenvalue weighted by Crippen LogP contribution is 2.31. The van der Waals surface area contributed by atoms with Crippen LogP contribution in [0.2, 0.25) is 0 Å². The fourth-order valence-electron chi connectivity index (χ4n) is 2.43. The van der Waals surface area contributed by atoms with E-state index in [0.29, 0.717) is 11.7 Å². The Bertz CT molecular complexity index is 381. The Morgan fingerprint density at radius 3 is 2.53 bits per heavy atom. The molecule has 17 heavy (non-hydrogen) atoms. The summed E-state index contributed by atoms with van der Waals surface area (Å²) < 4.78 is 0. The second-order valence-electron chi connectivity index (χ2n) is 5.32. The monoisotopic (exact) mass is 234 g/mol. The first-order valence-electron chi connectivity index (χ1n) is 6.45. The largest absolute Gasteiger partial charge is 0.383 e. The minimum atomic E-state index is 0.366. The van der Waals surface area contributed by atoms with Crippen LogP contribution in [0, 0.1) is 5.92 Å².